The molecular weight excluding hydrogens is 297 g/mol. The van der Waals surface area contributed by atoms with Crippen LogP contribution in [-0.4, -0.2) is 47.3 Å². The summed E-state index contributed by atoms with van der Waals surface area (Å²) in [6, 6.07) is 4.73. The molecule has 126 valence electrons. The van der Waals surface area contributed by atoms with Gasteiger partial charge in [-0.05, 0) is 49.8 Å². The number of fused-ring (bicyclic) bond motifs is 1. The van der Waals surface area contributed by atoms with E-state index in [0.29, 0.717) is 18.5 Å². The Morgan fingerprint density at radius 2 is 2.26 bits per heavy atom. The van der Waals surface area contributed by atoms with Gasteiger partial charge in [-0.3, -0.25) is 4.79 Å². The fourth-order valence-electron chi connectivity index (χ4n) is 4.07. The molecule has 1 aliphatic heterocycles. The fraction of sp³-hybridized carbons (Fsp3) is 0.611. The largest absolute Gasteiger partial charge is 0.393 e. The molecule has 0 spiro atoms. The lowest BCUT2D eigenvalue weighted by Gasteiger charge is -2.42. The van der Waals surface area contributed by atoms with Crippen LogP contribution in [0.1, 0.15) is 36.8 Å². The molecule has 0 aromatic heterocycles. The molecule has 2 aliphatic rings. The molecule has 0 unspecified atom stereocenters. The molecule has 1 amide bonds. The maximum atomic E-state index is 13.4. The molecule has 1 saturated carbocycles. The lowest BCUT2D eigenvalue weighted by atomic mass is 9.79. The van der Waals surface area contributed by atoms with Gasteiger partial charge in [0.25, 0.3) is 0 Å². The van der Waals surface area contributed by atoms with Crippen molar-refractivity contribution in [3.63, 3.8) is 0 Å². The van der Waals surface area contributed by atoms with Crippen molar-refractivity contribution in [3.8, 4) is 0 Å². The van der Waals surface area contributed by atoms with Crippen LogP contribution in [-0.2, 0) is 16.0 Å². The zero-order valence-electron chi connectivity index (χ0n) is 13.7. The highest BCUT2D eigenvalue weighted by molar-refractivity contribution is 5.79. The van der Waals surface area contributed by atoms with Crippen LogP contribution in [0.4, 0.5) is 4.39 Å². The van der Waals surface area contributed by atoms with Crippen molar-refractivity contribution in [2.24, 2.45) is 0 Å². The van der Waals surface area contributed by atoms with Gasteiger partial charge in [-0.15, -0.1) is 0 Å². The number of aryl methyl sites for hydroxylation is 1. The van der Waals surface area contributed by atoms with Crippen LogP contribution in [0.5, 0.6) is 0 Å². The van der Waals surface area contributed by atoms with Crippen LogP contribution in [0, 0.1) is 12.7 Å². The van der Waals surface area contributed by atoms with E-state index in [1.165, 1.54) is 6.07 Å². The minimum Gasteiger partial charge on any atom is -0.393 e. The monoisotopic (exact) mass is 321 g/mol. The molecule has 3 rings (SSSR count). The minimum atomic E-state index is -0.371. The van der Waals surface area contributed by atoms with E-state index in [4.69, 9.17) is 4.74 Å². The predicted octanol–water partition coefficient (Wildman–Crippen LogP) is 2.21. The summed E-state index contributed by atoms with van der Waals surface area (Å²) in [5.41, 5.74) is 1.06. The molecule has 0 bridgehead atoms. The zero-order chi connectivity index (χ0) is 16.6. The van der Waals surface area contributed by atoms with Crippen molar-refractivity contribution in [3.05, 3.63) is 35.1 Å². The third-order valence-electron chi connectivity index (χ3n) is 5.46. The Morgan fingerprint density at radius 1 is 1.48 bits per heavy atom. The summed E-state index contributed by atoms with van der Waals surface area (Å²) in [5.74, 6) is -0.231. The lowest BCUT2D eigenvalue weighted by Crippen LogP contribution is -2.53. The summed E-state index contributed by atoms with van der Waals surface area (Å²) in [6.45, 7) is 2.36. The molecule has 23 heavy (non-hydrogen) atoms. The number of aliphatic hydroxyl groups is 1. The van der Waals surface area contributed by atoms with Crippen molar-refractivity contribution in [2.45, 2.75) is 56.8 Å². The summed E-state index contributed by atoms with van der Waals surface area (Å²) in [7, 11) is 1.70. The maximum Gasteiger partial charge on any atom is 0.227 e. The molecule has 0 radical (unpaired) electrons. The first-order valence-corrected chi connectivity index (χ1v) is 8.23. The van der Waals surface area contributed by atoms with Crippen LogP contribution >= 0.6 is 0 Å². The van der Waals surface area contributed by atoms with E-state index in [2.05, 4.69) is 0 Å². The molecule has 1 N–H and O–H groups in total. The number of hydrogen-bond donors (Lipinski definition) is 1. The standard InChI is InChI=1S/C18H24FNO3/c1-12-9-13(3-4-15(12)19)10-17(22)20-8-7-18(23-2)6-5-14(21)11-16(18)20/h3-4,9,14,16,21H,5-8,10-11H2,1-2H3/t14-,16+,18-/m1/s1. The van der Waals surface area contributed by atoms with Crippen LogP contribution in [0.15, 0.2) is 18.2 Å². The third kappa shape index (κ3) is 3.00. The van der Waals surface area contributed by atoms with Crippen molar-refractivity contribution < 1.29 is 19.0 Å². The lowest BCUT2D eigenvalue weighted by molar-refractivity contribution is -0.139. The number of ether oxygens (including phenoxy) is 1. The number of rotatable bonds is 3. The third-order valence-corrected chi connectivity index (χ3v) is 5.46. The summed E-state index contributed by atoms with van der Waals surface area (Å²) >= 11 is 0. The van der Waals surface area contributed by atoms with Gasteiger partial charge in [0.1, 0.15) is 5.82 Å². The van der Waals surface area contributed by atoms with Crippen molar-refractivity contribution in [2.75, 3.05) is 13.7 Å². The van der Waals surface area contributed by atoms with Gasteiger partial charge < -0.3 is 14.7 Å². The van der Waals surface area contributed by atoms with Crippen molar-refractivity contribution in [1.29, 1.82) is 0 Å². The zero-order valence-corrected chi connectivity index (χ0v) is 13.7. The summed E-state index contributed by atoms with van der Waals surface area (Å²) in [6.07, 6.45) is 2.79. The predicted molar refractivity (Wildman–Crippen MR) is 84.6 cm³/mol. The Hall–Kier alpha value is -1.46. The van der Waals surface area contributed by atoms with Crippen molar-refractivity contribution in [1.82, 2.24) is 4.90 Å². The van der Waals surface area contributed by atoms with E-state index in [-0.39, 0.29) is 35.9 Å². The molecule has 3 atom stereocenters. The number of carbonyl (C=O) groups is 1. The SMILES string of the molecule is CO[C@@]12CC[C@@H](O)C[C@@H]1N(C(=O)Cc1ccc(F)c(C)c1)CC2. The molecule has 1 aromatic rings. The normalized spacial score (nSPS) is 30.3. The fourth-order valence-corrected chi connectivity index (χ4v) is 4.07. The van der Waals surface area contributed by atoms with Gasteiger partial charge in [0.05, 0.1) is 24.2 Å². The van der Waals surface area contributed by atoms with Gasteiger partial charge in [0.15, 0.2) is 0 Å². The Bertz CT molecular complexity index is 606. The first kappa shape index (κ1) is 16.4. The van der Waals surface area contributed by atoms with Crippen LogP contribution in [0.2, 0.25) is 0 Å². The maximum absolute atomic E-state index is 13.4. The number of amides is 1. The van der Waals surface area contributed by atoms with Crippen molar-refractivity contribution >= 4 is 5.91 Å². The number of likely N-dealkylation sites (tertiary alicyclic amines) is 1. The summed E-state index contributed by atoms with van der Waals surface area (Å²) < 4.78 is 19.1. The van der Waals surface area contributed by atoms with Gasteiger partial charge in [0, 0.05) is 13.7 Å². The number of hydrogen-bond acceptors (Lipinski definition) is 3. The Morgan fingerprint density at radius 3 is 2.96 bits per heavy atom. The Kier molecular flexibility index (Phi) is 4.43. The first-order valence-electron chi connectivity index (χ1n) is 8.23. The molecule has 5 heteroatoms. The number of aliphatic hydroxyl groups excluding tert-OH is 1. The Labute approximate surface area is 136 Å². The van der Waals surface area contributed by atoms with Crippen LogP contribution in [0.3, 0.4) is 0 Å². The summed E-state index contributed by atoms with van der Waals surface area (Å²) in [5, 5.41) is 9.99. The first-order chi connectivity index (χ1) is 10.9. The van der Waals surface area contributed by atoms with E-state index in [9.17, 15) is 14.3 Å². The van der Waals surface area contributed by atoms with Gasteiger partial charge in [0.2, 0.25) is 5.91 Å². The van der Waals surface area contributed by atoms with E-state index in [1.807, 2.05) is 4.90 Å². The summed E-state index contributed by atoms with van der Waals surface area (Å²) in [4.78, 5) is 14.6. The second-order valence-corrected chi connectivity index (χ2v) is 6.81. The molecular formula is C18H24FNO3. The molecule has 1 aliphatic carbocycles. The van der Waals surface area contributed by atoms with E-state index >= 15 is 0 Å². The van der Waals surface area contributed by atoms with E-state index < -0.39 is 0 Å². The number of benzene rings is 1. The topological polar surface area (TPSA) is 49.8 Å². The Balaban J connectivity index is 1.75. The molecule has 4 nitrogen and oxygen atoms in total. The van der Waals surface area contributed by atoms with Gasteiger partial charge in [-0.25, -0.2) is 4.39 Å². The highest BCUT2D eigenvalue weighted by atomic mass is 19.1. The van der Waals surface area contributed by atoms with Gasteiger partial charge in [-0.1, -0.05) is 12.1 Å². The molecule has 1 aromatic carbocycles. The van der Waals surface area contributed by atoms with Crippen LogP contribution < -0.4 is 0 Å². The smallest absolute Gasteiger partial charge is 0.227 e. The highest BCUT2D eigenvalue weighted by Gasteiger charge is 2.52. The average Bonchev–Trinajstić information content (AvgIpc) is 2.90. The number of halogens is 1. The van der Waals surface area contributed by atoms with Crippen LogP contribution in [0.25, 0.3) is 0 Å². The molecule has 2 fully saturated rings. The second-order valence-electron chi connectivity index (χ2n) is 6.81. The van der Waals surface area contributed by atoms with Gasteiger partial charge >= 0.3 is 0 Å². The average molecular weight is 321 g/mol. The van der Waals surface area contributed by atoms with E-state index in [1.54, 1.807) is 26.2 Å². The minimum absolute atomic E-state index is 0.0223. The highest BCUT2D eigenvalue weighted by Crippen LogP contribution is 2.42. The number of nitrogens with zero attached hydrogens (tertiary/aromatic N) is 1. The quantitative estimate of drug-likeness (QED) is 0.928. The number of methoxy groups -OCH3 is 1. The second kappa shape index (κ2) is 6.21. The van der Waals surface area contributed by atoms with E-state index in [0.717, 1.165) is 24.8 Å². The molecule has 1 heterocycles. The number of carbonyl (C=O) groups excluding carboxylic acids is 1. The van der Waals surface area contributed by atoms with Gasteiger partial charge in [-0.2, -0.15) is 0 Å². The molecule has 1 saturated heterocycles.